The van der Waals surface area contributed by atoms with Gasteiger partial charge in [0.25, 0.3) is 0 Å². The Morgan fingerprint density at radius 2 is 2.00 bits per heavy atom. The third-order valence-electron chi connectivity index (χ3n) is 4.44. The number of aromatic nitrogens is 2. The lowest BCUT2D eigenvalue weighted by atomic mass is 9.94. The summed E-state index contributed by atoms with van der Waals surface area (Å²) in [5, 5.41) is 17.3. The molecule has 1 fully saturated rings. The molecule has 23 heavy (non-hydrogen) atoms. The average Bonchev–Trinajstić information content (AvgIpc) is 2.88. The highest BCUT2D eigenvalue weighted by Crippen LogP contribution is 2.26. The number of nitrogens with zero attached hydrogens (tertiary/aromatic N) is 2. The molecule has 2 N–H and O–H groups in total. The number of hydrogen-bond acceptors (Lipinski definition) is 5. The summed E-state index contributed by atoms with van der Waals surface area (Å²) in [6.07, 6.45) is 7.71. The van der Waals surface area contributed by atoms with Gasteiger partial charge in [-0.15, -0.1) is 0 Å². The fourth-order valence-corrected chi connectivity index (χ4v) is 2.92. The molecular formula is C17H29N3O3. The van der Waals surface area contributed by atoms with Crippen molar-refractivity contribution >= 4 is 5.91 Å². The molecule has 0 radical (unpaired) electrons. The molecule has 1 aromatic rings. The Balaban J connectivity index is 1.66. The van der Waals surface area contributed by atoms with Gasteiger partial charge in [0.1, 0.15) is 0 Å². The van der Waals surface area contributed by atoms with Gasteiger partial charge in [0.2, 0.25) is 11.8 Å². The summed E-state index contributed by atoms with van der Waals surface area (Å²) in [6.45, 7) is 4.39. The minimum Gasteiger partial charge on any atom is -0.388 e. The fraction of sp³-hybridized carbons (Fsp3) is 0.824. The normalized spacial score (nSPS) is 17.9. The van der Waals surface area contributed by atoms with Gasteiger partial charge in [-0.05, 0) is 19.3 Å². The van der Waals surface area contributed by atoms with Gasteiger partial charge < -0.3 is 14.9 Å². The van der Waals surface area contributed by atoms with Crippen LogP contribution in [0.3, 0.4) is 0 Å². The Kier molecular flexibility index (Phi) is 6.57. The maximum atomic E-state index is 11.9. The molecule has 0 atom stereocenters. The van der Waals surface area contributed by atoms with Crippen LogP contribution in [0.1, 0.15) is 82.8 Å². The third-order valence-corrected chi connectivity index (χ3v) is 4.44. The van der Waals surface area contributed by atoms with Crippen molar-refractivity contribution in [2.45, 2.75) is 83.2 Å². The first-order valence-corrected chi connectivity index (χ1v) is 8.80. The lowest BCUT2D eigenvalue weighted by Crippen LogP contribution is -2.42. The molecule has 130 valence electrons. The van der Waals surface area contributed by atoms with E-state index in [-0.39, 0.29) is 11.8 Å². The lowest BCUT2D eigenvalue weighted by Gasteiger charge is -2.26. The first-order chi connectivity index (χ1) is 11.0. The van der Waals surface area contributed by atoms with Crippen LogP contribution in [0, 0.1) is 0 Å². The molecule has 1 saturated carbocycles. The van der Waals surface area contributed by atoms with Crippen LogP contribution in [0.25, 0.3) is 0 Å². The van der Waals surface area contributed by atoms with Crippen molar-refractivity contribution in [1.82, 2.24) is 15.5 Å². The predicted octanol–water partition coefficient (Wildman–Crippen LogP) is 2.72. The summed E-state index contributed by atoms with van der Waals surface area (Å²) in [5.41, 5.74) is -0.717. The van der Waals surface area contributed by atoms with Crippen molar-refractivity contribution < 1.29 is 14.4 Å². The Morgan fingerprint density at radius 1 is 1.30 bits per heavy atom. The van der Waals surface area contributed by atoms with E-state index in [9.17, 15) is 9.90 Å². The highest BCUT2D eigenvalue weighted by atomic mass is 16.5. The number of aliphatic hydroxyl groups is 1. The standard InChI is InChI=1S/C17H29N3O3/c1-13(2)16-19-15(23-20-16)9-7-8-14(21)18-12-17(22)10-5-3-4-6-11-17/h13,22H,3-12H2,1-2H3,(H,18,21). The third kappa shape index (κ3) is 5.94. The quantitative estimate of drug-likeness (QED) is 0.753. The molecule has 1 heterocycles. The van der Waals surface area contributed by atoms with E-state index in [1.54, 1.807) is 0 Å². The zero-order chi connectivity index (χ0) is 16.7. The van der Waals surface area contributed by atoms with Crippen LogP contribution in [0.4, 0.5) is 0 Å². The van der Waals surface area contributed by atoms with E-state index in [4.69, 9.17) is 4.52 Å². The molecule has 2 rings (SSSR count). The van der Waals surface area contributed by atoms with Crippen molar-refractivity contribution in [3.8, 4) is 0 Å². The second-order valence-electron chi connectivity index (χ2n) is 6.97. The molecule has 1 amide bonds. The van der Waals surface area contributed by atoms with Gasteiger partial charge in [-0.2, -0.15) is 4.98 Å². The number of carbonyl (C=O) groups is 1. The molecule has 1 aliphatic carbocycles. The predicted molar refractivity (Wildman–Crippen MR) is 87.0 cm³/mol. The zero-order valence-electron chi connectivity index (χ0n) is 14.3. The lowest BCUT2D eigenvalue weighted by molar-refractivity contribution is -0.122. The van der Waals surface area contributed by atoms with E-state index in [0.29, 0.717) is 37.5 Å². The molecule has 6 nitrogen and oxygen atoms in total. The average molecular weight is 323 g/mol. The molecule has 1 aromatic heterocycles. The molecule has 0 bridgehead atoms. The fourth-order valence-electron chi connectivity index (χ4n) is 2.92. The number of carbonyl (C=O) groups excluding carboxylic acids is 1. The largest absolute Gasteiger partial charge is 0.388 e. The summed E-state index contributed by atoms with van der Waals surface area (Å²) >= 11 is 0. The molecule has 0 aliphatic heterocycles. The van der Waals surface area contributed by atoms with E-state index in [2.05, 4.69) is 15.5 Å². The molecule has 6 heteroatoms. The van der Waals surface area contributed by atoms with Crippen molar-refractivity contribution in [2.24, 2.45) is 0 Å². The van der Waals surface area contributed by atoms with Gasteiger partial charge in [0, 0.05) is 25.3 Å². The van der Waals surface area contributed by atoms with Crippen LogP contribution >= 0.6 is 0 Å². The summed E-state index contributed by atoms with van der Waals surface area (Å²) in [4.78, 5) is 16.2. The van der Waals surface area contributed by atoms with Crippen molar-refractivity contribution in [2.75, 3.05) is 6.54 Å². The van der Waals surface area contributed by atoms with Crippen LogP contribution < -0.4 is 5.32 Å². The number of rotatable bonds is 7. The Hall–Kier alpha value is -1.43. The van der Waals surface area contributed by atoms with Crippen LogP contribution in [-0.4, -0.2) is 33.3 Å². The molecule has 0 aromatic carbocycles. The van der Waals surface area contributed by atoms with Crippen LogP contribution in [0.2, 0.25) is 0 Å². The zero-order valence-corrected chi connectivity index (χ0v) is 14.3. The van der Waals surface area contributed by atoms with Gasteiger partial charge >= 0.3 is 0 Å². The number of hydrogen-bond donors (Lipinski definition) is 2. The van der Waals surface area contributed by atoms with Crippen molar-refractivity contribution in [3.63, 3.8) is 0 Å². The van der Waals surface area contributed by atoms with Gasteiger partial charge in [0.15, 0.2) is 5.82 Å². The van der Waals surface area contributed by atoms with E-state index in [0.717, 1.165) is 25.7 Å². The molecule has 0 spiro atoms. The highest BCUT2D eigenvalue weighted by Gasteiger charge is 2.28. The first-order valence-electron chi connectivity index (χ1n) is 8.80. The van der Waals surface area contributed by atoms with E-state index in [1.807, 2.05) is 13.8 Å². The van der Waals surface area contributed by atoms with Crippen LogP contribution in [-0.2, 0) is 11.2 Å². The molecule has 0 saturated heterocycles. The summed E-state index contributed by atoms with van der Waals surface area (Å²) in [7, 11) is 0. The SMILES string of the molecule is CC(C)c1noc(CCCC(=O)NCC2(O)CCCCCC2)n1. The van der Waals surface area contributed by atoms with Gasteiger partial charge in [-0.1, -0.05) is 44.7 Å². The van der Waals surface area contributed by atoms with Gasteiger partial charge in [-0.3, -0.25) is 4.79 Å². The van der Waals surface area contributed by atoms with E-state index in [1.165, 1.54) is 12.8 Å². The Bertz CT molecular complexity index is 491. The van der Waals surface area contributed by atoms with Gasteiger partial charge in [-0.25, -0.2) is 0 Å². The van der Waals surface area contributed by atoms with Crippen molar-refractivity contribution in [1.29, 1.82) is 0 Å². The second kappa shape index (κ2) is 8.43. The van der Waals surface area contributed by atoms with E-state index < -0.39 is 5.60 Å². The smallest absolute Gasteiger partial charge is 0.226 e. The van der Waals surface area contributed by atoms with Crippen LogP contribution in [0.15, 0.2) is 4.52 Å². The minimum absolute atomic E-state index is 0.0220. The minimum atomic E-state index is -0.717. The number of nitrogens with one attached hydrogen (secondary N) is 1. The topological polar surface area (TPSA) is 88.2 Å². The maximum absolute atomic E-state index is 11.9. The molecule has 1 aliphatic rings. The summed E-state index contributed by atoms with van der Waals surface area (Å²) in [6, 6.07) is 0. The second-order valence-corrected chi connectivity index (χ2v) is 6.97. The summed E-state index contributed by atoms with van der Waals surface area (Å²) in [5.74, 6) is 1.52. The molecular weight excluding hydrogens is 294 g/mol. The maximum Gasteiger partial charge on any atom is 0.226 e. The Labute approximate surface area is 138 Å². The molecule has 0 unspecified atom stereocenters. The number of aryl methyl sites for hydroxylation is 1. The number of amides is 1. The monoisotopic (exact) mass is 323 g/mol. The Morgan fingerprint density at radius 3 is 2.61 bits per heavy atom. The van der Waals surface area contributed by atoms with Crippen molar-refractivity contribution in [3.05, 3.63) is 11.7 Å². The van der Waals surface area contributed by atoms with E-state index >= 15 is 0 Å². The first kappa shape index (κ1) is 17.9. The highest BCUT2D eigenvalue weighted by molar-refractivity contribution is 5.75. The van der Waals surface area contributed by atoms with Gasteiger partial charge in [0.05, 0.1) is 5.60 Å². The van der Waals surface area contributed by atoms with Crippen LogP contribution in [0.5, 0.6) is 0 Å². The summed E-state index contributed by atoms with van der Waals surface area (Å²) < 4.78 is 5.16.